The molecule has 3 nitrogen and oxygen atoms in total. The number of halogens is 1. The van der Waals surface area contributed by atoms with Crippen molar-refractivity contribution >= 4 is 29.3 Å². The van der Waals surface area contributed by atoms with Gasteiger partial charge in [-0.15, -0.1) is 11.8 Å². The van der Waals surface area contributed by atoms with Crippen molar-refractivity contribution in [3.8, 4) is 0 Å². The molecule has 0 aromatic heterocycles. The Hall–Kier alpha value is -1.49. The highest BCUT2D eigenvalue weighted by Crippen LogP contribution is 2.21. The summed E-state index contributed by atoms with van der Waals surface area (Å²) in [5.74, 6) is 0.952. The van der Waals surface area contributed by atoms with Crippen LogP contribution in [0.25, 0.3) is 0 Å². The highest BCUT2D eigenvalue weighted by molar-refractivity contribution is 7.99. The Morgan fingerprint density at radius 1 is 1.19 bits per heavy atom. The molecular weight excluding hydrogens is 376 g/mol. The second kappa shape index (κ2) is 10.2. The van der Waals surface area contributed by atoms with Gasteiger partial charge in [0.1, 0.15) is 0 Å². The van der Waals surface area contributed by atoms with E-state index in [1.54, 1.807) is 11.8 Å². The van der Waals surface area contributed by atoms with E-state index < -0.39 is 0 Å². The van der Waals surface area contributed by atoms with Crippen LogP contribution in [0, 0.1) is 6.92 Å². The minimum absolute atomic E-state index is 0.161. The number of rotatable bonds is 7. The topological polar surface area (TPSA) is 32.3 Å². The molecule has 1 aliphatic rings. The fourth-order valence-electron chi connectivity index (χ4n) is 3.40. The Bertz CT molecular complexity index is 742. The minimum Gasteiger partial charge on any atom is -0.353 e. The average Bonchev–Trinajstić information content (AvgIpc) is 2.65. The Morgan fingerprint density at radius 2 is 1.93 bits per heavy atom. The van der Waals surface area contributed by atoms with E-state index in [0.29, 0.717) is 12.5 Å². The van der Waals surface area contributed by atoms with Crippen molar-refractivity contribution in [1.82, 2.24) is 10.2 Å². The average molecular weight is 403 g/mol. The van der Waals surface area contributed by atoms with Crippen molar-refractivity contribution in [3.63, 3.8) is 0 Å². The number of hydrogen-bond donors (Lipinski definition) is 1. The Balaban J connectivity index is 1.33. The first-order chi connectivity index (χ1) is 13.1. The quantitative estimate of drug-likeness (QED) is 0.667. The van der Waals surface area contributed by atoms with Crippen LogP contribution in [0.15, 0.2) is 53.4 Å². The molecule has 1 N–H and O–H groups in total. The molecule has 27 heavy (non-hydrogen) atoms. The number of amides is 1. The van der Waals surface area contributed by atoms with E-state index >= 15 is 0 Å². The highest BCUT2D eigenvalue weighted by atomic mass is 35.5. The van der Waals surface area contributed by atoms with Crippen LogP contribution in [-0.2, 0) is 11.3 Å². The van der Waals surface area contributed by atoms with Crippen LogP contribution in [0.5, 0.6) is 0 Å². The Morgan fingerprint density at radius 3 is 2.63 bits per heavy atom. The first-order valence-electron chi connectivity index (χ1n) is 9.54. The molecule has 144 valence electrons. The molecule has 1 fully saturated rings. The lowest BCUT2D eigenvalue weighted by Gasteiger charge is -2.32. The number of piperidine rings is 1. The lowest BCUT2D eigenvalue weighted by molar-refractivity contribution is -0.121. The normalized spacial score (nSPS) is 15.6. The smallest absolute Gasteiger partial charge is 0.221 e. The van der Waals surface area contributed by atoms with E-state index in [4.69, 9.17) is 11.6 Å². The third-order valence-corrected chi connectivity index (χ3v) is 6.12. The number of likely N-dealkylation sites (tertiary alicyclic amines) is 1. The number of nitrogens with zero attached hydrogens (tertiary/aromatic N) is 1. The summed E-state index contributed by atoms with van der Waals surface area (Å²) in [4.78, 5) is 15.8. The van der Waals surface area contributed by atoms with Gasteiger partial charge in [-0.05, 0) is 49.6 Å². The third kappa shape index (κ3) is 6.87. The predicted octanol–water partition coefficient (Wildman–Crippen LogP) is 4.91. The maximum absolute atomic E-state index is 12.2. The molecule has 1 amide bonds. The first kappa shape index (κ1) is 20.2. The standard InChI is InChI=1S/C22H27ClN2OS/c1-17-3-2-4-18(15-17)16-25-12-9-20(10-13-25)24-22(26)11-14-27-21-7-5-19(23)6-8-21/h2-8,15,20H,9-14,16H2,1H3,(H,24,26). The van der Waals surface area contributed by atoms with Crippen LogP contribution < -0.4 is 5.32 Å². The maximum atomic E-state index is 12.2. The SMILES string of the molecule is Cc1cccc(CN2CCC(NC(=O)CCSc3ccc(Cl)cc3)CC2)c1. The van der Waals surface area contributed by atoms with E-state index in [0.717, 1.165) is 48.1 Å². The van der Waals surface area contributed by atoms with Gasteiger partial charge in [0.05, 0.1) is 0 Å². The van der Waals surface area contributed by atoms with E-state index in [-0.39, 0.29) is 5.91 Å². The molecule has 1 aliphatic heterocycles. The third-order valence-electron chi connectivity index (χ3n) is 4.85. The van der Waals surface area contributed by atoms with Crippen molar-refractivity contribution in [1.29, 1.82) is 0 Å². The van der Waals surface area contributed by atoms with Gasteiger partial charge in [0.2, 0.25) is 5.91 Å². The molecule has 0 aliphatic carbocycles. The molecule has 1 saturated heterocycles. The van der Waals surface area contributed by atoms with Crippen molar-refractivity contribution < 1.29 is 4.79 Å². The summed E-state index contributed by atoms with van der Waals surface area (Å²) < 4.78 is 0. The van der Waals surface area contributed by atoms with Crippen LogP contribution >= 0.6 is 23.4 Å². The summed E-state index contributed by atoms with van der Waals surface area (Å²) in [6.45, 7) is 5.22. The van der Waals surface area contributed by atoms with Crippen LogP contribution in [0.4, 0.5) is 0 Å². The van der Waals surface area contributed by atoms with E-state index in [9.17, 15) is 4.79 Å². The van der Waals surface area contributed by atoms with Crippen LogP contribution in [0.3, 0.4) is 0 Å². The summed E-state index contributed by atoms with van der Waals surface area (Å²) in [6.07, 6.45) is 2.61. The van der Waals surface area contributed by atoms with Gasteiger partial charge in [-0.25, -0.2) is 0 Å². The van der Waals surface area contributed by atoms with Crippen molar-refractivity contribution in [2.45, 2.75) is 43.7 Å². The molecule has 1 heterocycles. The van der Waals surface area contributed by atoms with Crippen molar-refractivity contribution in [3.05, 3.63) is 64.7 Å². The Kier molecular flexibility index (Phi) is 7.62. The molecular formula is C22H27ClN2OS. The molecule has 0 radical (unpaired) electrons. The number of carbonyl (C=O) groups is 1. The van der Waals surface area contributed by atoms with E-state index in [1.165, 1.54) is 11.1 Å². The monoisotopic (exact) mass is 402 g/mol. The number of carbonyl (C=O) groups excluding carboxylic acids is 1. The second-order valence-corrected chi connectivity index (χ2v) is 8.76. The summed E-state index contributed by atoms with van der Waals surface area (Å²) in [5.41, 5.74) is 2.68. The molecule has 0 bridgehead atoms. The highest BCUT2D eigenvalue weighted by Gasteiger charge is 2.20. The maximum Gasteiger partial charge on any atom is 0.221 e. The lowest BCUT2D eigenvalue weighted by atomic mass is 10.0. The number of thioether (sulfide) groups is 1. The van der Waals surface area contributed by atoms with E-state index in [2.05, 4.69) is 41.4 Å². The van der Waals surface area contributed by atoms with Crippen molar-refractivity contribution in [2.24, 2.45) is 0 Å². The number of nitrogens with one attached hydrogen (secondary N) is 1. The van der Waals surface area contributed by atoms with Crippen LogP contribution in [-0.4, -0.2) is 35.7 Å². The fourth-order valence-corrected chi connectivity index (χ4v) is 4.37. The van der Waals surface area contributed by atoms with Gasteiger partial charge in [-0.2, -0.15) is 0 Å². The van der Waals surface area contributed by atoms with Crippen LogP contribution in [0.2, 0.25) is 5.02 Å². The zero-order valence-corrected chi connectivity index (χ0v) is 17.4. The fraction of sp³-hybridized carbons (Fsp3) is 0.409. The summed E-state index contributed by atoms with van der Waals surface area (Å²) in [6, 6.07) is 16.8. The molecule has 2 aromatic carbocycles. The lowest BCUT2D eigenvalue weighted by Crippen LogP contribution is -2.44. The zero-order chi connectivity index (χ0) is 19.1. The molecule has 2 aromatic rings. The summed E-state index contributed by atoms with van der Waals surface area (Å²) in [5, 5.41) is 3.95. The van der Waals surface area contributed by atoms with Gasteiger partial charge in [-0.3, -0.25) is 9.69 Å². The summed E-state index contributed by atoms with van der Waals surface area (Å²) >= 11 is 7.58. The zero-order valence-electron chi connectivity index (χ0n) is 15.8. The van der Waals surface area contributed by atoms with Crippen LogP contribution in [0.1, 0.15) is 30.4 Å². The van der Waals surface area contributed by atoms with E-state index in [1.807, 2.05) is 24.3 Å². The second-order valence-electron chi connectivity index (χ2n) is 7.16. The van der Waals surface area contributed by atoms with Gasteiger partial charge < -0.3 is 5.32 Å². The molecule has 3 rings (SSSR count). The molecule has 5 heteroatoms. The van der Waals surface area contributed by atoms with Gasteiger partial charge in [0.15, 0.2) is 0 Å². The minimum atomic E-state index is 0.161. The largest absolute Gasteiger partial charge is 0.353 e. The summed E-state index contributed by atoms with van der Waals surface area (Å²) in [7, 11) is 0. The first-order valence-corrected chi connectivity index (χ1v) is 10.9. The molecule has 0 atom stereocenters. The van der Waals surface area contributed by atoms with Gasteiger partial charge in [-0.1, -0.05) is 41.4 Å². The van der Waals surface area contributed by atoms with Gasteiger partial charge in [0.25, 0.3) is 0 Å². The Labute approximate surface area is 171 Å². The molecule has 0 spiro atoms. The molecule has 0 saturated carbocycles. The predicted molar refractivity (Wildman–Crippen MR) is 114 cm³/mol. The molecule has 0 unspecified atom stereocenters. The number of hydrogen-bond acceptors (Lipinski definition) is 3. The van der Waals surface area contributed by atoms with Gasteiger partial charge in [0, 0.05) is 47.8 Å². The number of aryl methyl sites for hydroxylation is 1. The van der Waals surface area contributed by atoms with Gasteiger partial charge >= 0.3 is 0 Å². The van der Waals surface area contributed by atoms with Crippen molar-refractivity contribution in [2.75, 3.05) is 18.8 Å². The number of benzene rings is 2.